The molecule has 0 bridgehead atoms. The molecule has 2 atom stereocenters. The number of hydrogen-bond acceptors (Lipinski definition) is 4. The Morgan fingerprint density at radius 1 is 1.40 bits per heavy atom. The van der Waals surface area contributed by atoms with Crippen LogP contribution >= 0.6 is 0 Å². The largest absolute Gasteiger partial charge is 0.320 e. The van der Waals surface area contributed by atoms with E-state index in [9.17, 15) is 8.42 Å². The summed E-state index contributed by atoms with van der Waals surface area (Å²) >= 11 is 0. The number of hydrogen-bond donors (Lipinski definition) is 2. The first-order chi connectivity index (χ1) is 9.40. The lowest BCUT2D eigenvalue weighted by atomic mass is 10.0. The molecule has 0 saturated heterocycles. The molecule has 0 fully saturated rings. The standard InChI is InChI=1S/C13H26N4O2S/c1-5-11(2)12(3)16-20(18,19)13-9-15-17(10-13)8-6-7-14-4/h9-12,14,16H,5-8H2,1-4H3. The zero-order chi connectivity index (χ0) is 15.2. The van der Waals surface area contributed by atoms with Crippen LogP contribution in [0.25, 0.3) is 0 Å². The molecule has 1 rings (SSSR count). The van der Waals surface area contributed by atoms with E-state index in [1.165, 1.54) is 6.20 Å². The Bertz CT molecular complexity index is 498. The Labute approximate surface area is 122 Å². The van der Waals surface area contributed by atoms with Gasteiger partial charge >= 0.3 is 0 Å². The molecule has 116 valence electrons. The van der Waals surface area contributed by atoms with Crippen LogP contribution < -0.4 is 10.0 Å². The molecule has 1 aromatic heterocycles. The van der Waals surface area contributed by atoms with E-state index in [4.69, 9.17) is 0 Å². The van der Waals surface area contributed by atoms with Crippen molar-refractivity contribution in [2.24, 2.45) is 5.92 Å². The molecule has 0 aliphatic heterocycles. The molecule has 0 aliphatic rings. The van der Waals surface area contributed by atoms with Crippen LogP contribution in [-0.2, 0) is 16.6 Å². The highest BCUT2D eigenvalue weighted by Gasteiger charge is 2.21. The molecule has 1 heterocycles. The monoisotopic (exact) mass is 302 g/mol. The van der Waals surface area contributed by atoms with Crippen LogP contribution in [-0.4, -0.2) is 37.8 Å². The van der Waals surface area contributed by atoms with E-state index < -0.39 is 10.0 Å². The summed E-state index contributed by atoms with van der Waals surface area (Å²) in [5.41, 5.74) is 0. The van der Waals surface area contributed by atoms with Gasteiger partial charge in [-0.1, -0.05) is 20.3 Å². The van der Waals surface area contributed by atoms with Crippen molar-refractivity contribution in [3.63, 3.8) is 0 Å². The summed E-state index contributed by atoms with van der Waals surface area (Å²) in [5, 5.41) is 7.14. The van der Waals surface area contributed by atoms with Crippen molar-refractivity contribution in [1.29, 1.82) is 0 Å². The minimum atomic E-state index is -3.47. The molecule has 0 aromatic carbocycles. The zero-order valence-electron chi connectivity index (χ0n) is 12.8. The quantitative estimate of drug-likeness (QED) is 0.672. The second kappa shape index (κ2) is 7.75. The van der Waals surface area contributed by atoms with E-state index in [0.29, 0.717) is 12.5 Å². The molecule has 0 aliphatic carbocycles. The Morgan fingerprint density at radius 2 is 2.10 bits per heavy atom. The van der Waals surface area contributed by atoms with E-state index in [0.717, 1.165) is 19.4 Å². The number of aryl methyl sites for hydroxylation is 1. The maximum atomic E-state index is 12.2. The molecular formula is C13H26N4O2S. The Morgan fingerprint density at radius 3 is 2.70 bits per heavy atom. The third-order valence-corrected chi connectivity index (χ3v) is 5.09. The van der Waals surface area contributed by atoms with Gasteiger partial charge < -0.3 is 5.32 Å². The number of nitrogens with zero attached hydrogens (tertiary/aromatic N) is 2. The lowest BCUT2D eigenvalue weighted by molar-refractivity contribution is 0.434. The van der Waals surface area contributed by atoms with E-state index in [1.54, 1.807) is 10.9 Å². The van der Waals surface area contributed by atoms with Gasteiger partial charge in [-0.3, -0.25) is 4.68 Å². The third-order valence-electron chi connectivity index (χ3n) is 3.57. The van der Waals surface area contributed by atoms with Crippen molar-refractivity contribution in [2.75, 3.05) is 13.6 Å². The van der Waals surface area contributed by atoms with Gasteiger partial charge in [-0.2, -0.15) is 5.10 Å². The summed E-state index contributed by atoms with van der Waals surface area (Å²) in [5.74, 6) is 0.301. The van der Waals surface area contributed by atoms with E-state index in [1.807, 2.05) is 20.9 Å². The zero-order valence-corrected chi connectivity index (χ0v) is 13.6. The normalized spacial score (nSPS) is 15.2. The van der Waals surface area contributed by atoms with Crippen LogP contribution in [0.2, 0.25) is 0 Å². The Kier molecular flexibility index (Phi) is 6.64. The van der Waals surface area contributed by atoms with Crippen LogP contribution in [0.4, 0.5) is 0 Å². The van der Waals surface area contributed by atoms with Crippen LogP contribution in [0.1, 0.15) is 33.6 Å². The summed E-state index contributed by atoms with van der Waals surface area (Å²) in [6.07, 6.45) is 4.84. The minimum Gasteiger partial charge on any atom is -0.320 e. The molecule has 20 heavy (non-hydrogen) atoms. The lowest BCUT2D eigenvalue weighted by Gasteiger charge is -2.19. The van der Waals surface area contributed by atoms with E-state index in [2.05, 4.69) is 22.1 Å². The smallest absolute Gasteiger partial charge is 0.243 e. The van der Waals surface area contributed by atoms with Gasteiger partial charge in [-0.15, -0.1) is 0 Å². The van der Waals surface area contributed by atoms with Gasteiger partial charge in [0.2, 0.25) is 10.0 Å². The minimum absolute atomic E-state index is 0.0855. The van der Waals surface area contributed by atoms with Gasteiger partial charge in [0.15, 0.2) is 0 Å². The first-order valence-corrected chi connectivity index (χ1v) is 8.58. The van der Waals surface area contributed by atoms with Gasteiger partial charge in [-0.25, -0.2) is 13.1 Å². The Balaban J connectivity index is 2.68. The van der Waals surface area contributed by atoms with Gasteiger partial charge in [0.05, 0.1) is 6.20 Å². The maximum absolute atomic E-state index is 12.2. The summed E-state index contributed by atoms with van der Waals surface area (Å²) < 4.78 is 28.8. The fourth-order valence-corrected chi connectivity index (χ4v) is 3.11. The molecule has 0 radical (unpaired) electrons. The number of nitrogens with one attached hydrogen (secondary N) is 2. The number of sulfonamides is 1. The van der Waals surface area contributed by atoms with Crippen LogP contribution in [0, 0.1) is 5.92 Å². The summed E-state index contributed by atoms with van der Waals surface area (Å²) in [6.45, 7) is 7.56. The number of aromatic nitrogens is 2. The second-order valence-corrected chi connectivity index (χ2v) is 6.91. The molecule has 2 unspecified atom stereocenters. The summed E-state index contributed by atoms with van der Waals surface area (Å²) in [6, 6.07) is -0.0855. The molecule has 0 saturated carbocycles. The predicted molar refractivity (Wildman–Crippen MR) is 80.0 cm³/mol. The van der Waals surface area contributed by atoms with Gasteiger partial charge in [0.25, 0.3) is 0 Å². The lowest BCUT2D eigenvalue weighted by Crippen LogP contribution is -2.36. The van der Waals surface area contributed by atoms with Crippen LogP contribution in [0.3, 0.4) is 0 Å². The maximum Gasteiger partial charge on any atom is 0.243 e. The van der Waals surface area contributed by atoms with Crippen molar-refractivity contribution in [3.8, 4) is 0 Å². The highest BCUT2D eigenvalue weighted by Crippen LogP contribution is 2.13. The van der Waals surface area contributed by atoms with Crippen molar-refractivity contribution in [2.45, 2.75) is 51.1 Å². The first-order valence-electron chi connectivity index (χ1n) is 7.10. The molecule has 0 spiro atoms. The van der Waals surface area contributed by atoms with E-state index >= 15 is 0 Å². The molecule has 2 N–H and O–H groups in total. The Hall–Kier alpha value is -0.920. The predicted octanol–water partition coefficient (Wildman–Crippen LogP) is 1.21. The van der Waals surface area contributed by atoms with Crippen LogP contribution in [0.15, 0.2) is 17.3 Å². The van der Waals surface area contributed by atoms with Crippen molar-refractivity contribution >= 4 is 10.0 Å². The van der Waals surface area contributed by atoms with Crippen LogP contribution in [0.5, 0.6) is 0 Å². The molecule has 7 heteroatoms. The third kappa shape index (κ3) is 4.88. The second-order valence-electron chi connectivity index (χ2n) is 5.19. The number of rotatable bonds is 9. The molecular weight excluding hydrogens is 276 g/mol. The van der Waals surface area contributed by atoms with E-state index in [-0.39, 0.29) is 10.9 Å². The first kappa shape index (κ1) is 17.1. The average Bonchev–Trinajstić information content (AvgIpc) is 2.87. The van der Waals surface area contributed by atoms with Crippen molar-refractivity contribution in [3.05, 3.63) is 12.4 Å². The molecule has 6 nitrogen and oxygen atoms in total. The SMILES string of the molecule is CCC(C)C(C)NS(=O)(=O)c1cnn(CCCNC)c1. The summed E-state index contributed by atoms with van der Waals surface area (Å²) in [4.78, 5) is 0.233. The molecule has 0 amide bonds. The topological polar surface area (TPSA) is 76.0 Å². The summed E-state index contributed by atoms with van der Waals surface area (Å²) in [7, 11) is -1.59. The highest BCUT2D eigenvalue weighted by atomic mass is 32.2. The van der Waals surface area contributed by atoms with Gasteiger partial charge in [0, 0.05) is 18.8 Å². The van der Waals surface area contributed by atoms with Crippen molar-refractivity contribution in [1.82, 2.24) is 19.8 Å². The average molecular weight is 302 g/mol. The molecule has 1 aromatic rings. The fourth-order valence-electron chi connectivity index (χ4n) is 1.81. The highest BCUT2D eigenvalue weighted by molar-refractivity contribution is 7.89. The van der Waals surface area contributed by atoms with Gasteiger partial charge in [0.1, 0.15) is 4.90 Å². The fraction of sp³-hybridized carbons (Fsp3) is 0.769. The van der Waals surface area contributed by atoms with Crippen molar-refractivity contribution < 1.29 is 8.42 Å². The van der Waals surface area contributed by atoms with Gasteiger partial charge in [-0.05, 0) is 32.9 Å².